The maximum Gasteiger partial charge on any atom is 1.00 e. The van der Waals surface area contributed by atoms with Gasteiger partial charge in [-0.1, -0.05) is 11.6 Å². The molecule has 1 N–H and O–H groups in total. The SMILES string of the molecule is CC(=O)Nc1cc(Cl)cc(S(=O)[O-])c1.[Na+]. The van der Waals surface area contributed by atoms with E-state index in [0.717, 1.165) is 0 Å². The van der Waals surface area contributed by atoms with Crippen molar-refractivity contribution in [2.75, 3.05) is 5.32 Å². The van der Waals surface area contributed by atoms with E-state index in [1.807, 2.05) is 0 Å². The van der Waals surface area contributed by atoms with Crippen LogP contribution in [0.4, 0.5) is 5.69 Å². The topological polar surface area (TPSA) is 69.2 Å². The van der Waals surface area contributed by atoms with Gasteiger partial charge in [-0.25, -0.2) is 0 Å². The van der Waals surface area contributed by atoms with Crippen LogP contribution in [0, 0.1) is 0 Å². The molecule has 0 aliphatic rings. The summed E-state index contributed by atoms with van der Waals surface area (Å²) in [6.45, 7) is 1.33. The van der Waals surface area contributed by atoms with Gasteiger partial charge in [-0.3, -0.25) is 9.00 Å². The number of rotatable bonds is 2. The van der Waals surface area contributed by atoms with Gasteiger partial charge in [0.25, 0.3) is 0 Å². The molecule has 0 aliphatic carbocycles. The molecule has 1 aromatic carbocycles. The average molecular weight is 256 g/mol. The Kier molecular flexibility index (Phi) is 6.66. The largest absolute Gasteiger partial charge is 1.00 e. The second kappa shape index (κ2) is 6.62. The van der Waals surface area contributed by atoms with E-state index < -0.39 is 11.1 Å². The monoisotopic (exact) mass is 255 g/mol. The Labute approximate surface area is 117 Å². The third kappa shape index (κ3) is 5.10. The molecule has 1 unspecified atom stereocenters. The van der Waals surface area contributed by atoms with Crippen LogP contribution in [0.5, 0.6) is 0 Å². The molecular formula is C8H7ClNNaO3S. The van der Waals surface area contributed by atoms with Gasteiger partial charge in [0.05, 0.1) is 0 Å². The van der Waals surface area contributed by atoms with E-state index in [4.69, 9.17) is 11.6 Å². The van der Waals surface area contributed by atoms with Crippen LogP contribution in [0.2, 0.25) is 5.02 Å². The Hall–Kier alpha value is 0.0900. The van der Waals surface area contributed by atoms with Crippen LogP contribution in [0.1, 0.15) is 6.92 Å². The summed E-state index contributed by atoms with van der Waals surface area (Å²) >= 11 is 3.30. The molecule has 4 nitrogen and oxygen atoms in total. The molecule has 0 fully saturated rings. The van der Waals surface area contributed by atoms with E-state index in [1.165, 1.54) is 25.1 Å². The van der Waals surface area contributed by atoms with Gasteiger partial charge in [-0.15, -0.1) is 0 Å². The zero-order valence-corrected chi connectivity index (χ0v) is 11.8. The number of halogens is 1. The summed E-state index contributed by atoms with van der Waals surface area (Å²) in [5.41, 5.74) is 0.365. The summed E-state index contributed by atoms with van der Waals surface area (Å²) in [6.07, 6.45) is 0. The fraction of sp³-hybridized carbons (Fsp3) is 0.125. The van der Waals surface area contributed by atoms with Crippen LogP contribution in [-0.4, -0.2) is 14.7 Å². The Morgan fingerprint density at radius 3 is 2.53 bits per heavy atom. The summed E-state index contributed by atoms with van der Waals surface area (Å²) in [6, 6.07) is 4.10. The third-order valence-corrected chi connectivity index (χ3v) is 2.22. The van der Waals surface area contributed by atoms with Crippen molar-refractivity contribution >= 4 is 34.3 Å². The van der Waals surface area contributed by atoms with Crippen LogP contribution in [0.25, 0.3) is 0 Å². The minimum Gasteiger partial charge on any atom is -0.768 e. The number of benzene rings is 1. The maximum absolute atomic E-state index is 10.7. The van der Waals surface area contributed by atoms with Gasteiger partial charge in [0.15, 0.2) is 0 Å². The van der Waals surface area contributed by atoms with Crippen LogP contribution in [-0.2, 0) is 15.9 Å². The van der Waals surface area contributed by atoms with Crippen molar-refractivity contribution in [1.29, 1.82) is 0 Å². The van der Waals surface area contributed by atoms with Gasteiger partial charge in [-0.2, -0.15) is 0 Å². The van der Waals surface area contributed by atoms with E-state index in [0.29, 0.717) is 5.69 Å². The third-order valence-electron chi connectivity index (χ3n) is 1.38. The molecule has 0 spiro atoms. The fourth-order valence-electron chi connectivity index (χ4n) is 0.934. The molecule has 0 aliphatic heterocycles. The number of hydrogen-bond acceptors (Lipinski definition) is 3. The van der Waals surface area contributed by atoms with Crippen LogP contribution >= 0.6 is 11.6 Å². The summed E-state index contributed by atoms with van der Waals surface area (Å²) in [5, 5.41) is 2.70. The van der Waals surface area contributed by atoms with Gasteiger partial charge in [-0.05, 0) is 29.3 Å². The van der Waals surface area contributed by atoms with Crippen LogP contribution in [0.3, 0.4) is 0 Å². The minimum atomic E-state index is -2.35. The molecule has 1 amide bonds. The van der Waals surface area contributed by atoms with E-state index >= 15 is 0 Å². The zero-order chi connectivity index (χ0) is 10.7. The predicted molar refractivity (Wildman–Crippen MR) is 52.9 cm³/mol. The number of amides is 1. The molecule has 76 valence electrons. The molecule has 15 heavy (non-hydrogen) atoms. The molecule has 0 heterocycles. The van der Waals surface area contributed by atoms with Gasteiger partial charge < -0.3 is 9.87 Å². The number of carbonyl (C=O) groups excluding carboxylic acids is 1. The predicted octanol–water partition coefficient (Wildman–Crippen LogP) is -1.46. The van der Waals surface area contributed by atoms with Crippen molar-refractivity contribution in [3.05, 3.63) is 23.2 Å². The van der Waals surface area contributed by atoms with Crippen molar-refractivity contribution in [2.24, 2.45) is 0 Å². The zero-order valence-electron chi connectivity index (χ0n) is 8.24. The van der Waals surface area contributed by atoms with Crippen molar-refractivity contribution < 1.29 is 43.1 Å². The first-order valence-electron chi connectivity index (χ1n) is 3.66. The Balaban J connectivity index is 0.00000196. The molecular weight excluding hydrogens is 249 g/mol. The minimum absolute atomic E-state index is 0. The number of carbonyl (C=O) groups is 1. The van der Waals surface area contributed by atoms with E-state index in [2.05, 4.69) is 5.32 Å². The molecule has 0 saturated carbocycles. The first-order chi connectivity index (χ1) is 6.49. The van der Waals surface area contributed by atoms with E-state index in [9.17, 15) is 13.6 Å². The smallest absolute Gasteiger partial charge is 0.768 e. The Morgan fingerprint density at radius 2 is 2.07 bits per heavy atom. The van der Waals surface area contributed by atoms with Gasteiger partial charge >= 0.3 is 29.6 Å². The van der Waals surface area contributed by atoms with E-state index in [-0.39, 0.29) is 45.4 Å². The summed E-state index contributed by atoms with van der Waals surface area (Å²) in [7, 11) is 0. The van der Waals surface area contributed by atoms with E-state index in [1.54, 1.807) is 0 Å². The maximum atomic E-state index is 10.7. The molecule has 0 aromatic heterocycles. The molecule has 0 bridgehead atoms. The summed E-state index contributed by atoms with van der Waals surface area (Å²) < 4.78 is 21.2. The quantitative estimate of drug-likeness (QED) is 0.519. The van der Waals surface area contributed by atoms with Crippen LogP contribution < -0.4 is 34.9 Å². The fourth-order valence-corrected chi connectivity index (χ4v) is 1.68. The van der Waals surface area contributed by atoms with Gasteiger partial charge in [0.1, 0.15) is 0 Å². The van der Waals surface area contributed by atoms with Crippen molar-refractivity contribution in [2.45, 2.75) is 11.8 Å². The Bertz CT molecular complexity index is 399. The molecule has 1 aromatic rings. The first-order valence-corrected chi connectivity index (χ1v) is 5.12. The van der Waals surface area contributed by atoms with Crippen molar-refractivity contribution in [3.63, 3.8) is 0 Å². The normalized spacial score (nSPS) is 11.4. The van der Waals surface area contributed by atoms with Gasteiger partial charge in [0, 0.05) is 22.5 Å². The Morgan fingerprint density at radius 1 is 1.47 bits per heavy atom. The molecule has 0 radical (unpaired) electrons. The molecule has 1 rings (SSSR count). The first kappa shape index (κ1) is 15.1. The second-order valence-corrected chi connectivity index (χ2v) is 3.97. The summed E-state index contributed by atoms with van der Waals surface area (Å²) in [4.78, 5) is 10.7. The number of nitrogens with one attached hydrogen (secondary N) is 1. The standard InChI is InChI=1S/C8H8ClNO3S.Na/c1-5(11)10-7-2-6(9)3-8(4-7)14(12)13;/h2-4H,1H3,(H,10,11)(H,12,13);/q;+1/p-1. The summed E-state index contributed by atoms with van der Waals surface area (Å²) in [5.74, 6) is -0.283. The molecule has 0 saturated heterocycles. The van der Waals surface area contributed by atoms with Crippen molar-refractivity contribution in [1.82, 2.24) is 0 Å². The number of hydrogen-bond donors (Lipinski definition) is 1. The van der Waals surface area contributed by atoms with Gasteiger partial charge in [0.2, 0.25) is 5.91 Å². The second-order valence-electron chi connectivity index (χ2n) is 2.59. The average Bonchev–Trinajstić information content (AvgIpc) is 2.01. The number of anilines is 1. The molecule has 1 atom stereocenters. The molecule has 7 heteroatoms. The van der Waals surface area contributed by atoms with Crippen molar-refractivity contribution in [3.8, 4) is 0 Å². The van der Waals surface area contributed by atoms with Crippen LogP contribution in [0.15, 0.2) is 23.1 Å².